The lowest BCUT2D eigenvalue weighted by atomic mass is 9.91. The maximum Gasteiger partial charge on any atom is 0.0451 e. The number of rotatable bonds is 2. The van der Waals surface area contributed by atoms with E-state index in [1.807, 2.05) is 12.1 Å². The summed E-state index contributed by atoms with van der Waals surface area (Å²) >= 11 is 9.82. The number of hydrogen-bond donors (Lipinski definition) is 1. The van der Waals surface area contributed by atoms with Crippen LogP contribution in [0.4, 0.5) is 0 Å². The van der Waals surface area contributed by atoms with Gasteiger partial charge in [-0.3, -0.25) is 4.90 Å². The molecule has 0 amide bonds. The highest BCUT2D eigenvalue weighted by molar-refractivity contribution is 9.10. The minimum absolute atomic E-state index is 0.703. The van der Waals surface area contributed by atoms with Gasteiger partial charge >= 0.3 is 0 Å². The van der Waals surface area contributed by atoms with Crippen LogP contribution in [0.25, 0.3) is 0 Å². The Kier molecular flexibility index (Phi) is 3.94. The topological polar surface area (TPSA) is 15.3 Å². The maximum atomic E-state index is 6.30. The summed E-state index contributed by atoms with van der Waals surface area (Å²) in [7, 11) is 0. The molecule has 2 aliphatic rings. The second-order valence-electron chi connectivity index (χ2n) is 5.33. The number of likely N-dealkylation sites (tertiary alicyclic amines) is 1. The number of hydrogen-bond acceptors (Lipinski definition) is 2. The summed E-state index contributed by atoms with van der Waals surface area (Å²) in [5.41, 5.74) is 1.23. The summed E-state index contributed by atoms with van der Waals surface area (Å²) in [6.07, 6.45) is 2.69. The lowest BCUT2D eigenvalue weighted by Crippen LogP contribution is -2.44. The Balaban J connectivity index is 1.77. The van der Waals surface area contributed by atoms with Crippen molar-refractivity contribution in [2.24, 2.45) is 5.92 Å². The first-order valence-corrected chi connectivity index (χ1v) is 7.80. The van der Waals surface area contributed by atoms with E-state index in [1.54, 1.807) is 0 Å². The normalized spacial score (nSPS) is 28.3. The molecule has 2 fully saturated rings. The molecule has 0 spiro atoms. The van der Waals surface area contributed by atoms with Crippen molar-refractivity contribution in [2.45, 2.75) is 25.4 Å². The van der Waals surface area contributed by atoms with E-state index in [2.05, 4.69) is 32.2 Å². The maximum absolute atomic E-state index is 6.30. The van der Waals surface area contributed by atoms with Crippen LogP contribution in [0.5, 0.6) is 0 Å². The summed E-state index contributed by atoms with van der Waals surface area (Å²) in [4.78, 5) is 2.60. The van der Waals surface area contributed by atoms with Crippen LogP contribution < -0.4 is 5.32 Å². The van der Waals surface area contributed by atoms with Gasteiger partial charge in [0.05, 0.1) is 0 Å². The highest BCUT2D eigenvalue weighted by Gasteiger charge is 2.34. The molecule has 1 aromatic carbocycles. The van der Waals surface area contributed by atoms with Crippen molar-refractivity contribution >= 4 is 27.5 Å². The Hall–Kier alpha value is -0.0900. The van der Waals surface area contributed by atoms with E-state index in [0.29, 0.717) is 6.04 Å². The third kappa shape index (κ3) is 2.60. The number of benzene rings is 1. The molecule has 3 rings (SSSR count). The van der Waals surface area contributed by atoms with Crippen LogP contribution in [0, 0.1) is 5.92 Å². The van der Waals surface area contributed by atoms with Crippen LogP contribution in [-0.2, 0) is 6.54 Å². The second-order valence-corrected chi connectivity index (χ2v) is 6.66. The van der Waals surface area contributed by atoms with Crippen LogP contribution in [0.2, 0.25) is 5.02 Å². The lowest BCUT2D eigenvalue weighted by Gasteiger charge is -2.37. The Bertz CT molecular complexity index is 438. The predicted molar refractivity (Wildman–Crippen MR) is 78.9 cm³/mol. The molecule has 2 aliphatic heterocycles. The summed E-state index contributed by atoms with van der Waals surface area (Å²) in [6, 6.07) is 6.83. The predicted octanol–water partition coefficient (Wildman–Crippen LogP) is 3.29. The van der Waals surface area contributed by atoms with Crippen LogP contribution in [-0.4, -0.2) is 30.6 Å². The van der Waals surface area contributed by atoms with Crippen molar-refractivity contribution in [3.05, 3.63) is 33.3 Å². The average molecular weight is 330 g/mol. The average Bonchev–Trinajstić information content (AvgIpc) is 2.83. The van der Waals surface area contributed by atoms with Crippen LogP contribution in [0.3, 0.4) is 0 Å². The quantitative estimate of drug-likeness (QED) is 0.896. The molecule has 0 radical (unpaired) electrons. The molecular formula is C14H18BrClN2. The van der Waals surface area contributed by atoms with Crippen LogP contribution in [0.1, 0.15) is 18.4 Å². The van der Waals surface area contributed by atoms with Gasteiger partial charge in [0.1, 0.15) is 0 Å². The highest BCUT2D eigenvalue weighted by Crippen LogP contribution is 2.30. The zero-order valence-corrected chi connectivity index (χ0v) is 12.7. The number of nitrogens with zero attached hydrogens (tertiary/aromatic N) is 1. The molecule has 2 heterocycles. The zero-order chi connectivity index (χ0) is 12.5. The summed E-state index contributed by atoms with van der Waals surface area (Å²) in [5, 5.41) is 4.40. The Morgan fingerprint density at radius 1 is 1.39 bits per heavy atom. The van der Waals surface area contributed by atoms with Gasteiger partial charge in [-0.15, -0.1) is 0 Å². The molecule has 0 aliphatic carbocycles. The molecule has 0 aromatic heterocycles. The molecule has 98 valence electrons. The van der Waals surface area contributed by atoms with E-state index in [4.69, 9.17) is 11.6 Å². The molecule has 1 N–H and O–H groups in total. The van der Waals surface area contributed by atoms with Crippen molar-refractivity contribution in [3.63, 3.8) is 0 Å². The summed E-state index contributed by atoms with van der Waals surface area (Å²) in [6.45, 7) is 4.50. The summed E-state index contributed by atoms with van der Waals surface area (Å²) in [5.74, 6) is 0.838. The Morgan fingerprint density at radius 2 is 2.28 bits per heavy atom. The largest absolute Gasteiger partial charge is 0.315 e. The Morgan fingerprint density at radius 3 is 3.17 bits per heavy atom. The van der Waals surface area contributed by atoms with Gasteiger partial charge in [-0.05, 0) is 55.6 Å². The summed E-state index contributed by atoms with van der Waals surface area (Å²) < 4.78 is 1.11. The second kappa shape index (κ2) is 5.49. The molecule has 2 saturated heterocycles. The lowest BCUT2D eigenvalue weighted by molar-refractivity contribution is 0.117. The fourth-order valence-electron chi connectivity index (χ4n) is 3.24. The van der Waals surface area contributed by atoms with Crippen molar-refractivity contribution in [3.8, 4) is 0 Å². The van der Waals surface area contributed by atoms with Crippen LogP contribution in [0.15, 0.2) is 22.7 Å². The molecule has 2 atom stereocenters. The minimum atomic E-state index is 0.703. The molecular weight excluding hydrogens is 312 g/mol. The molecule has 0 saturated carbocycles. The van der Waals surface area contributed by atoms with E-state index >= 15 is 0 Å². The van der Waals surface area contributed by atoms with Gasteiger partial charge in [0, 0.05) is 28.6 Å². The first kappa shape index (κ1) is 12.9. The minimum Gasteiger partial charge on any atom is -0.315 e. The molecule has 4 heteroatoms. The van der Waals surface area contributed by atoms with Gasteiger partial charge in [-0.25, -0.2) is 0 Å². The number of nitrogens with one attached hydrogen (secondary N) is 1. The van der Waals surface area contributed by atoms with E-state index < -0.39 is 0 Å². The van der Waals surface area contributed by atoms with Crippen molar-refractivity contribution < 1.29 is 0 Å². The van der Waals surface area contributed by atoms with E-state index in [9.17, 15) is 0 Å². The number of halogens is 2. The number of fused-ring (bicyclic) bond motifs is 1. The van der Waals surface area contributed by atoms with E-state index in [-0.39, 0.29) is 0 Å². The SMILES string of the molecule is Clc1ccc(Br)cc1CN1CCCC2CNCC21. The van der Waals surface area contributed by atoms with Crippen molar-refractivity contribution in [1.82, 2.24) is 10.2 Å². The monoisotopic (exact) mass is 328 g/mol. The van der Waals surface area contributed by atoms with Gasteiger partial charge in [-0.2, -0.15) is 0 Å². The Labute approximate surface area is 122 Å². The molecule has 2 nitrogen and oxygen atoms in total. The highest BCUT2D eigenvalue weighted by atomic mass is 79.9. The van der Waals surface area contributed by atoms with E-state index in [0.717, 1.165) is 28.5 Å². The van der Waals surface area contributed by atoms with E-state index in [1.165, 1.54) is 31.5 Å². The zero-order valence-electron chi connectivity index (χ0n) is 10.3. The molecule has 18 heavy (non-hydrogen) atoms. The fourth-order valence-corrected chi connectivity index (χ4v) is 3.83. The van der Waals surface area contributed by atoms with Gasteiger partial charge in [0.25, 0.3) is 0 Å². The van der Waals surface area contributed by atoms with Crippen LogP contribution >= 0.6 is 27.5 Å². The van der Waals surface area contributed by atoms with Gasteiger partial charge in [0.2, 0.25) is 0 Å². The van der Waals surface area contributed by atoms with Gasteiger partial charge in [-0.1, -0.05) is 27.5 Å². The van der Waals surface area contributed by atoms with Crippen molar-refractivity contribution in [1.29, 1.82) is 0 Å². The fraction of sp³-hybridized carbons (Fsp3) is 0.571. The molecule has 0 bridgehead atoms. The first-order valence-electron chi connectivity index (χ1n) is 6.63. The standard InChI is InChI=1S/C14H18BrClN2/c15-12-3-4-13(16)11(6-12)9-18-5-1-2-10-7-17-8-14(10)18/h3-4,6,10,14,17H,1-2,5,7-9H2. The van der Waals surface area contributed by atoms with Gasteiger partial charge < -0.3 is 5.32 Å². The third-order valence-corrected chi connectivity index (χ3v) is 5.04. The smallest absolute Gasteiger partial charge is 0.0451 e. The number of piperidine rings is 1. The molecule has 2 unspecified atom stereocenters. The molecule has 1 aromatic rings. The third-order valence-electron chi connectivity index (χ3n) is 4.17. The first-order chi connectivity index (χ1) is 8.74. The van der Waals surface area contributed by atoms with Gasteiger partial charge in [0.15, 0.2) is 0 Å². The van der Waals surface area contributed by atoms with Crippen molar-refractivity contribution in [2.75, 3.05) is 19.6 Å².